The molecule has 27 heavy (non-hydrogen) atoms. The van der Waals surface area contributed by atoms with Gasteiger partial charge >= 0.3 is 0 Å². The molecule has 1 unspecified atom stereocenters. The molecule has 5 nitrogen and oxygen atoms in total. The van der Waals surface area contributed by atoms with Crippen LogP contribution in [0.1, 0.15) is 50.2 Å². The number of piperidine rings is 1. The molecule has 0 bridgehead atoms. The van der Waals surface area contributed by atoms with Gasteiger partial charge in [-0.15, -0.1) is 0 Å². The Morgan fingerprint density at radius 2 is 2.07 bits per heavy atom. The zero-order valence-electron chi connectivity index (χ0n) is 17.5. The first-order valence-corrected chi connectivity index (χ1v) is 10.3. The predicted octanol–water partition coefficient (Wildman–Crippen LogP) is 3.58. The second-order valence-corrected chi connectivity index (χ2v) is 7.41. The summed E-state index contributed by atoms with van der Waals surface area (Å²) in [7, 11) is 1.74. The van der Waals surface area contributed by atoms with E-state index in [9.17, 15) is 0 Å². The van der Waals surface area contributed by atoms with Crippen molar-refractivity contribution in [3.63, 3.8) is 0 Å². The number of nitrogens with one attached hydrogen (secondary N) is 1. The van der Waals surface area contributed by atoms with Crippen molar-refractivity contribution in [2.45, 2.75) is 52.1 Å². The molecular formula is C22H37N3O2. The third-order valence-corrected chi connectivity index (χ3v) is 5.05. The number of guanidine groups is 1. The van der Waals surface area contributed by atoms with Gasteiger partial charge in [-0.2, -0.15) is 0 Å². The molecule has 1 heterocycles. The summed E-state index contributed by atoms with van der Waals surface area (Å²) in [6.07, 6.45) is 3.46. The van der Waals surface area contributed by atoms with Crippen LogP contribution in [0.5, 0.6) is 0 Å². The van der Waals surface area contributed by atoms with E-state index in [4.69, 9.17) is 14.5 Å². The number of methoxy groups -OCH3 is 1. The lowest BCUT2D eigenvalue weighted by Crippen LogP contribution is -2.47. The van der Waals surface area contributed by atoms with Gasteiger partial charge in [-0.25, -0.2) is 0 Å². The maximum Gasteiger partial charge on any atom is 0.193 e. The summed E-state index contributed by atoms with van der Waals surface area (Å²) in [5.74, 6) is 1.45. The molecule has 0 aliphatic carbocycles. The van der Waals surface area contributed by atoms with Crippen molar-refractivity contribution in [2.24, 2.45) is 4.99 Å². The highest BCUT2D eigenvalue weighted by Gasteiger charge is 2.22. The highest BCUT2D eigenvalue weighted by molar-refractivity contribution is 5.80. The van der Waals surface area contributed by atoms with E-state index < -0.39 is 0 Å². The average Bonchev–Trinajstić information content (AvgIpc) is 2.69. The van der Waals surface area contributed by atoms with Crippen LogP contribution < -0.4 is 5.32 Å². The molecule has 1 aliphatic heterocycles. The molecule has 2 rings (SSSR count). The van der Waals surface area contributed by atoms with Crippen molar-refractivity contribution in [2.75, 3.05) is 46.5 Å². The first-order chi connectivity index (χ1) is 13.1. The van der Waals surface area contributed by atoms with Crippen LogP contribution in [0.2, 0.25) is 0 Å². The number of hydrogen-bond acceptors (Lipinski definition) is 3. The third-order valence-electron chi connectivity index (χ3n) is 5.05. The number of likely N-dealkylation sites (tertiary alicyclic amines) is 1. The molecule has 1 atom stereocenters. The van der Waals surface area contributed by atoms with E-state index in [-0.39, 0.29) is 0 Å². The Morgan fingerprint density at radius 3 is 2.74 bits per heavy atom. The summed E-state index contributed by atoms with van der Waals surface area (Å²) in [5.41, 5.74) is 2.67. The second kappa shape index (κ2) is 12.0. The summed E-state index contributed by atoms with van der Waals surface area (Å²) >= 11 is 0. The monoisotopic (exact) mass is 375 g/mol. The first kappa shape index (κ1) is 21.7. The van der Waals surface area contributed by atoms with Gasteiger partial charge in [0, 0.05) is 52.4 Å². The van der Waals surface area contributed by atoms with Gasteiger partial charge in [-0.3, -0.25) is 4.99 Å². The fourth-order valence-corrected chi connectivity index (χ4v) is 3.42. The number of hydrogen-bond donors (Lipinski definition) is 1. The van der Waals surface area contributed by atoms with Gasteiger partial charge in [0.2, 0.25) is 0 Å². The molecule has 152 valence electrons. The summed E-state index contributed by atoms with van der Waals surface area (Å²) in [4.78, 5) is 7.31. The van der Waals surface area contributed by atoms with Crippen LogP contribution in [-0.4, -0.2) is 63.5 Å². The molecule has 1 saturated heterocycles. The lowest BCUT2D eigenvalue weighted by Gasteiger charge is -2.34. The molecule has 1 aliphatic rings. The van der Waals surface area contributed by atoms with Crippen LogP contribution in [0.3, 0.4) is 0 Å². The van der Waals surface area contributed by atoms with Crippen molar-refractivity contribution in [3.8, 4) is 0 Å². The van der Waals surface area contributed by atoms with Gasteiger partial charge in [0.1, 0.15) is 0 Å². The number of aliphatic imine (C=N–C) groups is 1. The minimum atomic E-state index is 0.368. The summed E-state index contributed by atoms with van der Waals surface area (Å²) < 4.78 is 11.1. The lowest BCUT2D eigenvalue weighted by atomic mass is 10.00. The Morgan fingerprint density at radius 1 is 1.30 bits per heavy atom. The molecule has 1 N–H and O–H groups in total. The Labute approximate surface area is 165 Å². The van der Waals surface area contributed by atoms with Crippen molar-refractivity contribution in [3.05, 3.63) is 35.4 Å². The van der Waals surface area contributed by atoms with Crippen LogP contribution in [0.4, 0.5) is 0 Å². The molecule has 1 aromatic carbocycles. The number of ether oxygens (including phenoxy) is 2. The van der Waals surface area contributed by atoms with Crippen LogP contribution in [-0.2, 0) is 9.47 Å². The van der Waals surface area contributed by atoms with Crippen molar-refractivity contribution in [1.29, 1.82) is 0 Å². The van der Waals surface area contributed by atoms with Crippen molar-refractivity contribution >= 4 is 5.96 Å². The first-order valence-electron chi connectivity index (χ1n) is 10.3. The Balaban J connectivity index is 1.84. The van der Waals surface area contributed by atoms with E-state index in [1.165, 1.54) is 11.1 Å². The van der Waals surface area contributed by atoms with Crippen molar-refractivity contribution < 1.29 is 9.47 Å². The maximum absolute atomic E-state index is 5.97. The van der Waals surface area contributed by atoms with Gasteiger partial charge < -0.3 is 19.7 Å². The fraction of sp³-hybridized carbons (Fsp3) is 0.682. The molecular weight excluding hydrogens is 338 g/mol. The van der Waals surface area contributed by atoms with Crippen LogP contribution in [0.25, 0.3) is 0 Å². The Hall–Kier alpha value is -1.59. The summed E-state index contributed by atoms with van der Waals surface area (Å²) in [6.45, 7) is 11.8. The lowest BCUT2D eigenvalue weighted by molar-refractivity contribution is 0.00990. The van der Waals surface area contributed by atoms with Crippen LogP contribution in [0, 0.1) is 6.92 Å². The average molecular weight is 376 g/mol. The largest absolute Gasteiger partial charge is 0.385 e. The zero-order chi connectivity index (χ0) is 19.5. The molecule has 1 aromatic rings. The highest BCUT2D eigenvalue weighted by Crippen LogP contribution is 2.18. The summed E-state index contributed by atoms with van der Waals surface area (Å²) in [6, 6.07) is 8.74. The number of benzene rings is 1. The minimum absolute atomic E-state index is 0.368. The zero-order valence-corrected chi connectivity index (χ0v) is 17.5. The molecule has 0 radical (unpaired) electrons. The highest BCUT2D eigenvalue weighted by atomic mass is 16.5. The second-order valence-electron chi connectivity index (χ2n) is 7.41. The molecule has 0 spiro atoms. The Kier molecular flexibility index (Phi) is 9.64. The predicted molar refractivity (Wildman–Crippen MR) is 113 cm³/mol. The quantitative estimate of drug-likeness (QED) is 0.407. The van der Waals surface area contributed by atoms with Crippen molar-refractivity contribution in [1.82, 2.24) is 10.2 Å². The number of aryl methyl sites for hydroxylation is 1. The van der Waals surface area contributed by atoms with E-state index in [0.29, 0.717) is 12.0 Å². The minimum Gasteiger partial charge on any atom is -0.385 e. The molecule has 5 heteroatoms. The van der Waals surface area contributed by atoms with E-state index in [1.807, 2.05) is 0 Å². The smallest absolute Gasteiger partial charge is 0.193 e. The van der Waals surface area contributed by atoms with E-state index in [0.717, 1.165) is 64.6 Å². The van der Waals surface area contributed by atoms with Crippen LogP contribution >= 0.6 is 0 Å². The van der Waals surface area contributed by atoms with Crippen LogP contribution in [0.15, 0.2) is 29.3 Å². The van der Waals surface area contributed by atoms with Gasteiger partial charge in [0.05, 0.1) is 6.10 Å². The topological polar surface area (TPSA) is 46.1 Å². The van der Waals surface area contributed by atoms with Gasteiger partial charge in [0.25, 0.3) is 0 Å². The van der Waals surface area contributed by atoms with Gasteiger partial charge in [0.15, 0.2) is 5.96 Å². The van der Waals surface area contributed by atoms with Gasteiger partial charge in [-0.05, 0) is 38.7 Å². The fourth-order valence-electron chi connectivity index (χ4n) is 3.42. The van der Waals surface area contributed by atoms with E-state index in [1.54, 1.807) is 7.11 Å². The van der Waals surface area contributed by atoms with Gasteiger partial charge in [-0.1, -0.05) is 36.8 Å². The summed E-state index contributed by atoms with van der Waals surface area (Å²) in [5, 5.41) is 3.46. The number of rotatable bonds is 9. The van der Waals surface area contributed by atoms with E-state index in [2.05, 4.69) is 55.3 Å². The molecule has 0 saturated carbocycles. The normalized spacial score (nSPS) is 17.2. The number of nitrogens with zero attached hydrogens (tertiary/aromatic N) is 2. The maximum atomic E-state index is 5.97. The molecule has 0 aromatic heterocycles. The SMILES string of the molecule is CCNC(=NCC(C)c1cccc(C)c1)N1CCC(OCCCOC)CC1. The van der Waals surface area contributed by atoms with E-state index >= 15 is 0 Å². The standard InChI is InChI=1S/C22H37N3O2/c1-5-23-22(24-17-19(3)20-9-6-8-18(2)16-20)25-12-10-21(11-13-25)27-15-7-14-26-4/h6,8-9,16,19,21H,5,7,10-15,17H2,1-4H3,(H,23,24). The Bertz CT molecular complexity index is 568. The third kappa shape index (κ3) is 7.51. The molecule has 1 fully saturated rings. The molecule has 0 amide bonds.